The first kappa shape index (κ1) is 12.9. The van der Waals surface area contributed by atoms with Crippen molar-refractivity contribution in [3.05, 3.63) is 29.8 Å². The summed E-state index contributed by atoms with van der Waals surface area (Å²) in [7, 11) is 0. The normalized spacial score (nSPS) is 19.0. The number of aliphatic hydroxyl groups is 1. The van der Waals surface area contributed by atoms with Crippen molar-refractivity contribution in [2.24, 2.45) is 5.92 Å². The van der Waals surface area contributed by atoms with Crippen LogP contribution < -0.4 is 5.32 Å². The molecule has 1 fully saturated rings. The molecule has 2 N–H and O–H groups in total. The van der Waals surface area contributed by atoms with Crippen LogP contribution >= 0.6 is 0 Å². The first-order valence-electron chi connectivity index (χ1n) is 6.49. The van der Waals surface area contributed by atoms with Crippen LogP contribution in [0.1, 0.15) is 23.7 Å². The predicted molar refractivity (Wildman–Crippen MR) is 71.7 cm³/mol. The van der Waals surface area contributed by atoms with Crippen LogP contribution in [-0.4, -0.2) is 42.2 Å². The Morgan fingerprint density at radius 2 is 2.28 bits per heavy atom. The number of aliphatic hydroxyl groups excluding tert-OH is 1. The molecule has 0 radical (unpaired) electrons. The molecule has 0 aromatic heterocycles. The fourth-order valence-electron chi connectivity index (χ4n) is 2.35. The van der Waals surface area contributed by atoms with E-state index >= 15 is 0 Å². The van der Waals surface area contributed by atoms with Crippen molar-refractivity contribution < 1.29 is 9.90 Å². The highest BCUT2D eigenvalue weighted by molar-refractivity contribution is 5.99. The van der Waals surface area contributed by atoms with Gasteiger partial charge in [-0.1, -0.05) is 12.1 Å². The minimum absolute atomic E-state index is 0.0579. The second kappa shape index (κ2) is 5.87. The Bertz CT molecular complexity index is 420. The molecule has 1 amide bonds. The lowest BCUT2D eigenvalue weighted by Crippen LogP contribution is -2.29. The van der Waals surface area contributed by atoms with Gasteiger partial charge in [-0.2, -0.15) is 0 Å². The Kier molecular flexibility index (Phi) is 4.20. The van der Waals surface area contributed by atoms with E-state index in [2.05, 4.69) is 5.32 Å². The van der Waals surface area contributed by atoms with Gasteiger partial charge in [0.1, 0.15) is 0 Å². The molecule has 1 saturated heterocycles. The summed E-state index contributed by atoms with van der Waals surface area (Å²) in [5.74, 6) is 0.294. The number of hydrogen-bond donors (Lipinski definition) is 2. The van der Waals surface area contributed by atoms with E-state index in [0.717, 1.165) is 30.8 Å². The van der Waals surface area contributed by atoms with E-state index in [0.29, 0.717) is 6.54 Å². The highest BCUT2D eigenvalue weighted by Gasteiger charge is 2.27. The minimum Gasteiger partial charge on any atom is -0.396 e. The summed E-state index contributed by atoms with van der Waals surface area (Å²) in [4.78, 5) is 14.2. The molecule has 0 spiro atoms. The molecule has 1 aliphatic heterocycles. The molecule has 0 bridgehead atoms. The van der Waals surface area contributed by atoms with Gasteiger partial charge in [0.05, 0.1) is 5.56 Å². The zero-order valence-electron chi connectivity index (χ0n) is 10.7. The number of carbonyl (C=O) groups excluding carboxylic acids is 1. The molecule has 1 aromatic carbocycles. The average Bonchev–Trinajstić information content (AvgIpc) is 2.88. The Morgan fingerprint density at radius 3 is 2.94 bits per heavy atom. The van der Waals surface area contributed by atoms with E-state index < -0.39 is 0 Å². The number of rotatable bonds is 4. The molecule has 4 heteroatoms. The number of para-hydroxylation sites is 1. The standard InChI is InChI=1S/C14H20N2O2/c1-2-15-13-6-4-3-5-12(13)14(18)16-8-7-11(9-16)10-17/h3-6,11,15,17H,2,7-10H2,1H3. The number of hydrogen-bond acceptors (Lipinski definition) is 3. The van der Waals surface area contributed by atoms with E-state index in [9.17, 15) is 4.79 Å². The lowest BCUT2D eigenvalue weighted by Gasteiger charge is -2.18. The van der Waals surface area contributed by atoms with E-state index in [1.165, 1.54) is 0 Å². The van der Waals surface area contributed by atoms with Gasteiger partial charge in [0, 0.05) is 37.8 Å². The van der Waals surface area contributed by atoms with E-state index in [-0.39, 0.29) is 18.4 Å². The van der Waals surface area contributed by atoms with Crippen LogP contribution in [0.5, 0.6) is 0 Å². The molecular formula is C14H20N2O2. The Morgan fingerprint density at radius 1 is 1.50 bits per heavy atom. The number of likely N-dealkylation sites (tertiary alicyclic amines) is 1. The predicted octanol–water partition coefficient (Wildman–Crippen LogP) is 1.57. The van der Waals surface area contributed by atoms with Gasteiger partial charge in [-0.05, 0) is 25.5 Å². The first-order chi connectivity index (χ1) is 8.76. The van der Waals surface area contributed by atoms with Crippen molar-refractivity contribution in [2.75, 3.05) is 31.6 Å². The highest BCUT2D eigenvalue weighted by Crippen LogP contribution is 2.22. The van der Waals surface area contributed by atoms with Crippen LogP contribution in [0.4, 0.5) is 5.69 Å². The fourth-order valence-corrected chi connectivity index (χ4v) is 2.35. The van der Waals surface area contributed by atoms with E-state index in [1.54, 1.807) is 0 Å². The van der Waals surface area contributed by atoms with Crippen molar-refractivity contribution >= 4 is 11.6 Å². The molecule has 1 atom stereocenters. The number of carbonyl (C=O) groups is 1. The summed E-state index contributed by atoms with van der Waals surface area (Å²) >= 11 is 0. The highest BCUT2D eigenvalue weighted by atomic mass is 16.3. The third kappa shape index (κ3) is 2.64. The minimum atomic E-state index is 0.0579. The average molecular weight is 248 g/mol. The molecule has 4 nitrogen and oxygen atoms in total. The summed E-state index contributed by atoms with van der Waals surface area (Å²) in [5.41, 5.74) is 1.61. The van der Waals surface area contributed by atoms with Crippen LogP contribution in [0.2, 0.25) is 0 Å². The Balaban J connectivity index is 2.14. The van der Waals surface area contributed by atoms with Gasteiger partial charge in [-0.15, -0.1) is 0 Å². The third-order valence-electron chi connectivity index (χ3n) is 3.36. The quantitative estimate of drug-likeness (QED) is 0.850. The summed E-state index contributed by atoms with van der Waals surface area (Å²) in [5, 5.41) is 12.3. The molecule has 1 aromatic rings. The van der Waals surface area contributed by atoms with Crippen molar-refractivity contribution in [1.82, 2.24) is 4.90 Å². The first-order valence-corrected chi connectivity index (χ1v) is 6.49. The Labute approximate surface area is 108 Å². The summed E-state index contributed by atoms with van der Waals surface area (Å²) in [6.07, 6.45) is 0.894. The number of anilines is 1. The lowest BCUT2D eigenvalue weighted by atomic mass is 10.1. The second-order valence-electron chi connectivity index (χ2n) is 4.66. The van der Waals surface area contributed by atoms with Gasteiger partial charge in [0.25, 0.3) is 5.91 Å². The van der Waals surface area contributed by atoms with Crippen molar-refractivity contribution in [3.8, 4) is 0 Å². The molecule has 1 heterocycles. The summed E-state index contributed by atoms with van der Waals surface area (Å²) in [6, 6.07) is 7.59. The largest absolute Gasteiger partial charge is 0.396 e. The van der Waals surface area contributed by atoms with Crippen molar-refractivity contribution in [3.63, 3.8) is 0 Å². The van der Waals surface area contributed by atoms with Crippen LogP contribution in [0, 0.1) is 5.92 Å². The topological polar surface area (TPSA) is 52.6 Å². The molecule has 98 valence electrons. The molecule has 1 unspecified atom stereocenters. The number of amides is 1. The lowest BCUT2D eigenvalue weighted by molar-refractivity contribution is 0.0783. The maximum absolute atomic E-state index is 12.4. The molecule has 0 saturated carbocycles. The SMILES string of the molecule is CCNc1ccccc1C(=O)N1CCC(CO)C1. The van der Waals surface area contributed by atoms with E-state index in [4.69, 9.17) is 5.11 Å². The van der Waals surface area contributed by atoms with Crippen LogP contribution in [0.15, 0.2) is 24.3 Å². The van der Waals surface area contributed by atoms with Gasteiger partial charge >= 0.3 is 0 Å². The third-order valence-corrected chi connectivity index (χ3v) is 3.36. The number of nitrogens with zero attached hydrogens (tertiary/aromatic N) is 1. The molecule has 0 aliphatic carbocycles. The van der Waals surface area contributed by atoms with Crippen molar-refractivity contribution in [2.45, 2.75) is 13.3 Å². The second-order valence-corrected chi connectivity index (χ2v) is 4.66. The summed E-state index contributed by atoms with van der Waals surface area (Å²) in [6.45, 7) is 4.38. The van der Waals surface area contributed by atoms with Crippen LogP contribution in [0.3, 0.4) is 0 Å². The number of benzene rings is 1. The monoisotopic (exact) mass is 248 g/mol. The van der Waals surface area contributed by atoms with Crippen LogP contribution in [0.25, 0.3) is 0 Å². The zero-order chi connectivity index (χ0) is 13.0. The van der Waals surface area contributed by atoms with Crippen LogP contribution in [-0.2, 0) is 0 Å². The smallest absolute Gasteiger partial charge is 0.255 e. The summed E-state index contributed by atoms with van der Waals surface area (Å²) < 4.78 is 0. The molecule has 1 aliphatic rings. The fraction of sp³-hybridized carbons (Fsp3) is 0.500. The molecular weight excluding hydrogens is 228 g/mol. The van der Waals surface area contributed by atoms with E-state index in [1.807, 2.05) is 36.1 Å². The maximum Gasteiger partial charge on any atom is 0.255 e. The van der Waals surface area contributed by atoms with Gasteiger partial charge < -0.3 is 15.3 Å². The van der Waals surface area contributed by atoms with Gasteiger partial charge in [-0.3, -0.25) is 4.79 Å². The molecule has 18 heavy (non-hydrogen) atoms. The van der Waals surface area contributed by atoms with Crippen molar-refractivity contribution in [1.29, 1.82) is 0 Å². The Hall–Kier alpha value is -1.55. The van der Waals surface area contributed by atoms with Gasteiger partial charge in [0.15, 0.2) is 0 Å². The van der Waals surface area contributed by atoms with Gasteiger partial charge in [0.2, 0.25) is 0 Å². The molecule has 2 rings (SSSR count). The zero-order valence-corrected chi connectivity index (χ0v) is 10.7. The van der Waals surface area contributed by atoms with Gasteiger partial charge in [-0.25, -0.2) is 0 Å². The maximum atomic E-state index is 12.4. The number of nitrogens with one attached hydrogen (secondary N) is 1.